The van der Waals surface area contributed by atoms with Gasteiger partial charge >= 0.3 is 6.09 Å². The maximum Gasteiger partial charge on any atom is 0.407 e. The van der Waals surface area contributed by atoms with Crippen LogP contribution in [0.3, 0.4) is 0 Å². The van der Waals surface area contributed by atoms with E-state index in [4.69, 9.17) is 4.74 Å². The number of aliphatic hydroxyl groups excluding tert-OH is 1. The molecule has 4 heteroatoms. The first-order valence-electron chi connectivity index (χ1n) is 6.42. The van der Waals surface area contributed by atoms with E-state index in [1.807, 2.05) is 37.3 Å². The molecule has 0 unspecified atom stereocenters. The summed E-state index contributed by atoms with van der Waals surface area (Å²) in [6.45, 7) is 6.00. The van der Waals surface area contributed by atoms with Crippen LogP contribution in [-0.2, 0) is 11.3 Å². The number of aliphatic hydroxyl groups is 1. The van der Waals surface area contributed by atoms with Gasteiger partial charge in [-0.25, -0.2) is 4.79 Å². The predicted octanol–water partition coefficient (Wildman–Crippen LogP) is 2.49. The average molecular weight is 263 g/mol. The fourth-order valence-electron chi connectivity index (χ4n) is 1.71. The molecule has 1 aromatic rings. The molecular formula is C15H21NO3. The maximum atomic E-state index is 11.4. The van der Waals surface area contributed by atoms with Crippen LogP contribution in [-0.4, -0.2) is 23.8 Å². The molecule has 0 aliphatic carbocycles. The Morgan fingerprint density at radius 1 is 1.47 bits per heavy atom. The Kier molecular flexibility index (Phi) is 6.68. The van der Waals surface area contributed by atoms with Gasteiger partial charge in [-0.1, -0.05) is 43.3 Å². The molecule has 2 N–H and O–H groups in total. The van der Waals surface area contributed by atoms with Crippen molar-refractivity contribution in [2.24, 2.45) is 5.92 Å². The Labute approximate surface area is 114 Å². The van der Waals surface area contributed by atoms with Crippen LogP contribution in [0.1, 0.15) is 18.9 Å². The van der Waals surface area contributed by atoms with Gasteiger partial charge in [0.15, 0.2) is 0 Å². The van der Waals surface area contributed by atoms with E-state index in [-0.39, 0.29) is 19.1 Å². The third-order valence-electron chi connectivity index (χ3n) is 2.94. The highest BCUT2D eigenvalue weighted by Crippen LogP contribution is 2.09. The molecule has 1 amide bonds. The fraction of sp³-hybridized carbons (Fsp3) is 0.400. The van der Waals surface area contributed by atoms with Crippen molar-refractivity contribution in [2.75, 3.05) is 6.54 Å². The molecule has 0 fully saturated rings. The first kappa shape index (κ1) is 15.2. The van der Waals surface area contributed by atoms with Crippen molar-refractivity contribution >= 4 is 6.09 Å². The maximum absolute atomic E-state index is 11.4. The van der Waals surface area contributed by atoms with Crippen LogP contribution in [0.25, 0.3) is 0 Å². The summed E-state index contributed by atoms with van der Waals surface area (Å²) in [5.41, 5.74) is 0.927. The number of amides is 1. The largest absolute Gasteiger partial charge is 0.445 e. The van der Waals surface area contributed by atoms with Gasteiger partial charge in [0.25, 0.3) is 0 Å². The Bertz CT molecular complexity index is 392. The summed E-state index contributed by atoms with van der Waals surface area (Å²) < 4.78 is 5.04. The van der Waals surface area contributed by atoms with Gasteiger partial charge in [-0.2, -0.15) is 0 Å². The summed E-state index contributed by atoms with van der Waals surface area (Å²) in [7, 11) is 0. The van der Waals surface area contributed by atoms with E-state index < -0.39 is 12.2 Å². The number of benzene rings is 1. The standard InChI is InChI=1S/C15H21NO3/c1-3-13(4-2)14(17)10-16-15(18)19-11-12-8-6-5-7-9-12/h3,5-9,13-14,17H,1,4,10-11H2,2H3,(H,16,18)/t13-,14-/m0/s1. The highest BCUT2D eigenvalue weighted by molar-refractivity contribution is 5.67. The van der Waals surface area contributed by atoms with Crippen LogP contribution in [0.5, 0.6) is 0 Å². The van der Waals surface area contributed by atoms with E-state index in [1.165, 1.54) is 0 Å². The second-order valence-corrected chi connectivity index (χ2v) is 4.32. The van der Waals surface area contributed by atoms with Crippen LogP contribution >= 0.6 is 0 Å². The van der Waals surface area contributed by atoms with Crippen molar-refractivity contribution in [3.05, 3.63) is 48.6 Å². The van der Waals surface area contributed by atoms with Crippen LogP contribution < -0.4 is 5.32 Å². The molecule has 104 valence electrons. The molecule has 0 bridgehead atoms. The van der Waals surface area contributed by atoms with Crippen LogP contribution in [0, 0.1) is 5.92 Å². The van der Waals surface area contributed by atoms with Crippen molar-refractivity contribution in [1.29, 1.82) is 0 Å². The molecule has 0 saturated heterocycles. The fourth-order valence-corrected chi connectivity index (χ4v) is 1.71. The zero-order chi connectivity index (χ0) is 14.1. The summed E-state index contributed by atoms with van der Waals surface area (Å²) in [5, 5.41) is 12.3. The predicted molar refractivity (Wildman–Crippen MR) is 74.6 cm³/mol. The Morgan fingerprint density at radius 2 is 2.16 bits per heavy atom. The first-order chi connectivity index (χ1) is 9.17. The monoisotopic (exact) mass is 263 g/mol. The van der Waals surface area contributed by atoms with E-state index >= 15 is 0 Å². The van der Waals surface area contributed by atoms with Crippen LogP contribution in [0.2, 0.25) is 0 Å². The Hall–Kier alpha value is -1.81. The summed E-state index contributed by atoms with van der Waals surface area (Å²) in [5.74, 6) is -0.0191. The van der Waals surface area contributed by atoms with Crippen molar-refractivity contribution in [3.63, 3.8) is 0 Å². The lowest BCUT2D eigenvalue weighted by molar-refractivity contribution is 0.108. The van der Waals surface area contributed by atoms with Crippen LogP contribution in [0.15, 0.2) is 43.0 Å². The number of rotatable bonds is 7. The zero-order valence-corrected chi connectivity index (χ0v) is 11.2. The lowest BCUT2D eigenvalue weighted by atomic mass is 10.00. The van der Waals surface area contributed by atoms with Gasteiger partial charge in [0, 0.05) is 12.5 Å². The normalized spacial score (nSPS) is 13.4. The van der Waals surface area contributed by atoms with E-state index in [0.29, 0.717) is 0 Å². The van der Waals surface area contributed by atoms with Gasteiger partial charge < -0.3 is 15.2 Å². The lowest BCUT2D eigenvalue weighted by Gasteiger charge is -2.18. The third-order valence-corrected chi connectivity index (χ3v) is 2.94. The molecule has 1 aromatic carbocycles. The molecule has 1 rings (SSSR count). The summed E-state index contributed by atoms with van der Waals surface area (Å²) in [6.07, 6.45) is 1.32. The third kappa shape index (κ3) is 5.57. The lowest BCUT2D eigenvalue weighted by Crippen LogP contribution is -2.35. The molecule has 0 aliphatic rings. The number of ether oxygens (including phenoxy) is 1. The van der Waals surface area contributed by atoms with Crippen molar-refractivity contribution in [3.8, 4) is 0 Å². The zero-order valence-electron chi connectivity index (χ0n) is 11.2. The molecule has 2 atom stereocenters. The topological polar surface area (TPSA) is 58.6 Å². The van der Waals surface area contributed by atoms with Gasteiger partial charge in [-0.3, -0.25) is 0 Å². The number of nitrogens with one attached hydrogen (secondary N) is 1. The number of carbonyl (C=O) groups is 1. The van der Waals surface area contributed by atoms with Crippen molar-refractivity contribution < 1.29 is 14.6 Å². The molecule has 0 spiro atoms. The molecule has 4 nitrogen and oxygen atoms in total. The molecule has 0 heterocycles. The Morgan fingerprint density at radius 3 is 2.74 bits per heavy atom. The average Bonchev–Trinajstić information content (AvgIpc) is 2.45. The SMILES string of the molecule is C=C[C@@H](CC)[C@@H](O)CNC(=O)OCc1ccccc1. The van der Waals surface area contributed by atoms with Gasteiger partial charge in [0.1, 0.15) is 6.61 Å². The van der Waals surface area contributed by atoms with E-state index in [9.17, 15) is 9.90 Å². The Balaban J connectivity index is 2.26. The van der Waals surface area contributed by atoms with Gasteiger partial charge in [-0.15, -0.1) is 6.58 Å². The number of hydrogen-bond donors (Lipinski definition) is 2. The number of hydrogen-bond acceptors (Lipinski definition) is 3. The van der Waals surface area contributed by atoms with E-state index in [2.05, 4.69) is 11.9 Å². The number of alkyl carbamates (subject to hydrolysis) is 1. The summed E-state index contributed by atoms with van der Waals surface area (Å²) >= 11 is 0. The number of carbonyl (C=O) groups excluding carboxylic acids is 1. The minimum absolute atomic E-state index is 0.0191. The quantitative estimate of drug-likeness (QED) is 0.743. The second-order valence-electron chi connectivity index (χ2n) is 4.32. The molecule has 19 heavy (non-hydrogen) atoms. The first-order valence-corrected chi connectivity index (χ1v) is 6.42. The van der Waals surface area contributed by atoms with Gasteiger partial charge in [0.05, 0.1) is 6.10 Å². The smallest absolute Gasteiger partial charge is 0.407 e. The van der Waals surface area contributed by atoms with E-state index in [0.717, 1.165) is 12.0 Å². The summed E-state index contributed by atoms with van der Waals surface area (Å²) in [4.78, 5) is 11.4. The molecule has 0 saturated carbocycles. The summed E-state index contributed by atoms with van der Waals surface area (Å²) in [6, 6.07) is 9.44. The highest BCUT2D eigenvalue weighted by atomic mass is 16.5. The highest BCUT2D eigenvalue weighted by Gasteiger charge is 2.15. The molecule has 0 radical (unpaired) electrons. The van der Waals surface area contributed by atoms with Gasteiger partial charge in [0.2, 0.25) is 0 Å². The minimum atomic E-state index is -0.633. The van der Waals surface area contributed by atoms with Crippen LogP contribution in [0.4, 0.5) is 4.79 Å². The van der Waals surface area contributed by atoms with Crippen molar-refractivity contribution in [2.45, 2.75) is 26.1 Å². The van der Waals surface area contributed by atoms with Gasteiger partial charge in [-0.05, 0) is 12.0 Å². The van der Waals surface area contributed by atoms with Crippen molar-refractivity contribution in [1.82, 2.24) is 5.32 Å². The second kappa shape index (κ2) is 8.32. The minimum Gasteiger partial charge on any atom is -0.445 e. The molecule has 0 aliphatic heterocycles. The van der Waals surface area contributed by atoms with E-state index in [1.54, 1.807) is 6.08 Å². The molecular weight excluding hydrogens is 242 g/mol. The molecule has 0 aromatic heterocycles.